The molecule has 0 atom stereocenters. The van der Waals surface area contributed by atoms with Gasteiger partial charge in [0.2, 0.25) is 0 Å². The van der Waals surface area contributed by atoms with Gasteiger partial charge in [-0.2, -0.15) is 0 Å². The third-order valence-corrected chi connectivity index (χ3v) is 13.6. The van der Waals surface area contributed by atoms with E-state index in [1.807, 2.05) is 0 Å². The molecule has 1 aromatic carbocycles. The maximum absolute atomic E-state index is 2.35. The molecule has 0 aliphatic rings. The molecular weight excluding hydrogens is 330 g/mol. The molecule has 4 heteroatoms. The molecule has 0 amide bonds. The van der Waals surface area contributed by atoms with Gasteiger partial charge >= 0.3 is 109 Å². The standard InChI is InChI=1S/C12H21N2Se2/c1-13(2)10-16(11-14(3)4)15-12-8-6-5-7-9-12/h5-9H,10-11H2,1-4H3. The molecule has 1 radical (unpaired) electrons. The summed E-state index contributed by atoms with van der Waals surface area (Å²) in [4.78, 5) is 4.69. The van der Waals surface area contributed by atoms with E-state index >= 15 is 0 Å². The molecular formula is C12H21N2Se2. The molecule has 0 heterocycles. The van der Waals surface area contributed by atoms with E-state index in [9.17, 15) is 0 Å². The van der Waals surface area contributed by atoms with Crippen LogP contribution in [0.15, 0.2) is 30.3 Å². The maximum atomic E-state index is 2.35. The van der Waals surface area contributed by atoms with Gasteiger partial charge in [0.15, 0.2) is 0 Å². The average Bonchev–Trinajstić information content (AvgIpc) is 2.16. The van der Waals surface area contributed by atoms with Gasteiger partial charge in [-0.25, -0.2) is 0 Å². The first kappa shape index (κ1) is 14.2. The monoisotopic (exact) mass is 353 g/mol. The molecule has 0 fully saturated rings. The van der Waals surface area contributed by atoms with Crippen molar-refractivity contribution in [2.45, 2.75) is 0 Å². The fourth-order valence-electron chi connectivity index (χ4n) is 1.28. The number of rotatable bonds is 6. The van der Waals surface area contributed by atoms with E-state index in [2.05, 4.69) is 68.3 Å². The summed E-state index contributed by atoms with van der Waals surface area (Å²) in [5.74, 6) is 0. The van der Waals surface area contributed by atoms with Crippen LogP contribution in [-0.2, 0) is 0 Å². The van der Waals surface area contributed by atoms with Gasteiger partial charge in [0, 0.05) is 0 Å². The summed E-state index contributed by atoms with van der Waals surface area (Å²) in [6, 6.07) is 11.0. The third-order valence-electron chi connectivity index (χ3n) is 1.76. The van der Waals surface area contributed by atoms with E-state index in [1.54, 1.807) is 4.46 Å². The van der Waals surface area contributed by atoms with E-state index in [-0.39, 0.29) is 0 Å². The van der Waals surface area contributed by atoms with Crippen molar-refractivity contribution in [2.24, 2.45) is 0 Å². The van der Waals surface area contributed by atoms with Crippen LogP contribution >= 0.6 is 0 Å². The van der Waals surface area contributed by atoms with E-state index in [4.69, 9.17) is 0 Å². The first-order valence-corrected chi connectivity index (χ1v) is 12.9. The Balaban J connectivity index is 2.56. The van der Waals surface area contributed by atoms with Crippen molar-refractivity contribution in [3.8, 4) is 0 Å². The van der Waals surface area contributed by atoms with Gasteiger partial charge in [-0.15, -0.1) is 0 Å². The Hall–Kier alpha value is 0.179. The Kier molecular flexibility index (Phi) is 6.67. The van der Waals surface area contributed by atoms with Crippen molar-refractivity contribution in [3.63, 3.8) is 0 Å². The molecule has 0 saturated heterocycles. The van der Waals surface area contributed by atoms with Crippen LogP contribution in [0.2, 0.25) is 0 Å². The molecule has 0 bridgehead atoms. The Morgan fingerprint density at radius 2 is 1.44 bits per heavy atom. The second-order valence-corrected chi connectivity index (χ2v) is 15.5. The van der Waals surface area contributed by atoms with Gasteiger partial charge in [-0.3, -0.25) is 0 Å². The zero-order valence-electron chi connectivity index (χ0n) is 10.5. The Labute approximate surface area is 109 Å². The summed E-state index contributed by atoms with van der Waals surface area (Å²) in [7, 11) is 8.75. The number of nitrogens with zero attached hydrogens (tertiary/aromatic N) is 2. The SMILES string of the molecule is CN(C)C[Se](CN(C)C)[Se]c1ccccc1. The predicted molar refractivity (Wildman–Crippen MR) is 74.7 cm³/mol. The molecule has 0 N–H and O–H groups in total. The van der Waals surface area contributed by atoms with Crippen LogP contribution in [0.1, 0.15) is 0 Å². The normalized spacial score (nSPS) is 11.7. The van der Waals surface area contributed by atoms with E-state index in [1.165, 1.54) is 10.9 Å². The zero-order valence-corrected chi connectivity index (χ0v) is 13.9. The topological polar surface area (TPSA) is 6.48 Å². The Bertz CT molecular complexity index is 278. The predicted octanol–water partition coefficient (Wildman–Crippen LogP) is 0.209. The Morgan fingerprint density at radius 1 is 0.938 bits per heavy atom. The fourth-order valence-corrected chi connectivity index (χ4v) is 15.1. The summed E-state index contributed by atoms with van der Waals surface area (Å²) in [6.07, 6.45) is 0. The molecule has 0 aromatic heterocycles. The van der Waals surface area contributed by atoms with Gasteiger partial charge in [0.25, 0.3) is 0 Å². The molecule has 1 rings (SSSR count). The molecule has 0 aliphatic heterocycles. The summed E-state index contributed by atoms with van der Waals surface area (Å²) in [6.45, 7) is 0. The van der Waals surface area contributed by atoms with E-state index in [0.29, 0.717) is 13.1 Å². The van der Waals surface area contributed by atoms with Crippen LogP contribution in [-0.4, -0.2) is 74.1 Å². The number of benzene rings is 1. The Morgan fingerprint density at radius 3 is 1.88 bits per heavy atom. The van der Waals surface area contributed by atoms with Crippen molar-refractivity contribution in [1.82, 2.24) is 9.80 Å². The second-order valence-electron chi connectivity index (χ2n) is 4.25. The van der Waals surface area contributed by atoms with E-state index < -0.39 is 12.1 Å². The number of hydrogen-bond donors (Lipinski definition) is 0. The molecule has 0 unspecified atom stereocenters. The number of hydrogen-bond acceptors (Lipinski definition) is 2. The summed E-state index contributed by atoms with van der Waals surface area (Å²) in [5.41, 5.74) is 2.60. The van der Waals surface area contributed by atoms with Crippen LogP contribution in [0.3, 0.4) is 0 Å². The van der Waals surface area contributed by atoms with Crippen LogP contribution in [0.25, 0.3) is 0 Å². The summed E-state index contributed by atoms with van der Waals surface area (Å²) in [5, 5.41) is 0. The van der Waals surface area contributed by atoms with Crippen molar-refractivity contribution in [1.29, 1.82) is 0 Å². The third kappa shape index (κ3) is 6.05. The fraction of sp³-hybridized carbons (Fsp3) is 0.500. The summed E-state index contributed by atoms with van der Waals surface area (Å²) < 4.78 is 1.56. The molecule has 0 aliphatic carbocycles. The van der Waals surface area contributed by atoms with Gasteiger partial charge in [0.1, 0.15) is 0 Å². The minimum absolute atomic E-state index is 0.519. The molecule has 1 aromatic rings. The molecule has 0 spiro atoms. The van der Waals surface area contributed by atoms with E-state index in [0.717, 1.165) is 0 Å². The van der Waals surface area contributed by atoms with Crippen molar-refractivity contribution in [3.05, 3.63) is 30.3 Å². The minimum atomic E-state index is -0.519. The van der Waals surface area contributed by atoms with Crippen LogP contribution in [0.5, 0.6) is 0 Å². The van der Waals surface area contributed by atoms with Gasteiger partial charge < -0.3 is 0 Å². The van der Waals surface area contributed by atoms with Crippen molar-refractivity contribution < 1.29 is 0 Å². The molecule has 91 valence electrons. The van der Waals surface area contributed by atoms with Crippen LogP contribution < -0.4 is 4.46 Å². The van der Waals surface area contributed by atoms with Crippen molar-refractivity contribution in [2.75, 3.05) is 39.1 Å². The van der Waals surface area contributed by atoms with Crippen molar-refractivity contribution >= 4 is 29.7 Å². The van der Waals surface area contributed by atoms with Gasteiger partial charge in [0.05, 0.1) is 0 Å². The molecule has 16 heavy (non-hydrogen) atoms. The van der Waals surface area contributed by atoms with Crippen LogP contribution in [0.4, 0.5) is 0 Å². The first-order chi connectivity index (χ1) is 7.58. The van der Waals surface area contributed by atoms with Gasteiger partial charge in [-0.1, -0.05) is 0 Å². The second kappa shape index (κ2) is 7.49. The quantitative estimate of drug-likeness (QED) is 0.677. The summed E-state index contributed by atoms with van der Waals surface area (Å²) >= 11 is 0.171. The zero-order chi connectivity index (χ0) is 12.0. The first-order valence-electron chi connectivity index (χ1n) is 5.28. The molecule has 2 nitrogen and oxygen atoms in total. The van der Waals surface area contributed by atoms with Gasteiger partial charge in [-0.05, 0) is 0 Å². The van der Waals surface area contributed by atoms with Crippen LogP contribution in [0, 0.1) is 0 Å². The average molecular weight is 351 g/mol. The molecule has 0 saturated carbocycles.